The van der Waals surface area contributed by atoms with E-state index in [2.05, 4.69) is 17.2 Å². The van der Waals surface area contributed by atoms with Crippen LogP contribution in [-0.2, 0) is 17.6 Å². The average molecular weight is 325 g/mol. The average Bonchev–Trinajstić information content (AvgIpc) is 2.86. The number of aliphatic carboxylic acids is 1. The van der Waals surface area contributed by atoms with Crippen LogP contribution in [0.2, 0.25) is 0 Å². The molecule has 0 fully saturated rings. The van der Waals surface area contributed by atoms with Crippen LogP contribution < -0.4 is 5.32 Å². The molecule has 0 saturated carbocycles. The molecule has 0 aromatic carbocycles. The van der Waals surface area contributed by atoms with Crippen LogP contribution >= 0.6 is 11.3 Å². The highest BCUT2D eigenvalue weighted by molar-refractivity contribution is 7.15. The Morgan fingerprint density at radius 1 is 1.50 bits per heavy atom. The van der Waals surface area contributed by atoms with E-state index in [-0.39, 0.29) is 19.0 Å². The molecule has 1 atom stereocenters. The molecule has 1 aliphatic rings. The highest BCUT2D eigenvalue weighted by Gasteiger charge is 2.23. The molecule has 1 heterocycles. The van der Waals surface area contributed by atoms with Gasteiger partial charge in [-0.1, -0.05) is 19.8 Å². The van der Waals surface area contributed by atoms with E-state index in [9.17, 15) is 9.59 Å². The van der Waals surface area contributed by atoms with Gasteiger partial charge in [-0.25, -0.2) is 9.78 Å². The van der Waals surface area contributed by atoms with Crippen LogP contribution in [0.25, 0.3) is 0 Å². The van der Waals surface area contributed by atoms with Crippen molar-refractivity contribution < 1.29 is 14.7 Å². The summed E-state index contributed by atoms with van der Waals surface area (Å²) in [7, 11) is 1.59. The number of fused-ring (bicyclic) bond motifs is 1. The lowest BCUT2D eigenvalue weighted by atomic mass is 9.88. The van der Waals surface area contributed by atoms with Crippen molar-refractivity contribution in [2.75, 3.05) is 18.9 Å². The van der Waals surface area contributed by atoms with E-state index in [1.807, 2.05) is 0 Å². The second kappa shape index (κ2) is 7.58. The Morgan fingerprint density at radius 3 is 2.95 bits per heavy atom. The Bertz CT molecular complexity index is 544. The Balaban J connectivity index is 1.91. The van der Waals surface area contributed by atoms with Crippen LogP contribution in [0, 0.1) is 5.92 Å². The molecule has 2 amide bonds. The van der Waals surface area contributed by atoms with Gasteiger partial charge in [0.1, 0.15) is 0 Å². The van der Waals surface area contributed by atoms with Gasteiger partial charge in [0.25, 0.3) is 0 Å². The minimum atomic E-state index is -0.911. The van der Waals surface area contributed by atoms with Crippen molar-refractivity contribution >= 4 is 28.5 Å². The first-order valence-electron chi connectivity index (χ1n) is 7.72. The highest BCUT2D eigenvalue weighted by atomic mass is 32.1. The van der Waals surface area contributed by atoms with Crippen molar-refractivity contribution in [1.29, 1.82) is 0 Å². The summed E-state index contributed by atoms with van der Waals surface area (Å²) in [5.41, 5.74) is 1.11. The predicted molar refractivity (Wildman–Crippen MR) is 86.4 cm³/mol. The maximum atomic E-state index is 12.0. The van der Waals surface area contributed by atoms with E-state index in [0.29, 0.717) is 5.13 Å². The first-order valence-corrected chi connectivity index (χ1v) is 8.53. The number of hydrogen-bond donors (Lipinski definition) is 2. The minimum Gasteiger partial charge on any atom is -0.481 e. The molecular weight excluding hydrogens is 302 g/mol. The number of thiazole rings is 1. The second-order valence-corrected chi connectivity index (χ2v) is 6.87. The number of hydrogen-bond acceptors (Lipinski definition) is 4. The van der Waals surface area contributed by atoms with Crippen LogP contribution in [0.1, 0.15) is 43.2 Å². The van der Waals surface area contributed by atoms with Gasteiger partial charge in [0, 0.05) is 18.5 Å². The molecule has 1 aromatic heterocycles. The van der Waals surface area contributed by atoms with Crippen LogP contribution in [-0.4, -0.2) is 40.6 Å². The van der Waals surface area contributed by atoms with E-state index in [1.54, 1.807) is 18.4 Å². The van der Waals surface area contributed by atoms with Gasteiger partial charge in [0.2, 0.25) is 0 Å². The molecule has 122 valence electrons. The van der Waals surface area contributed by atoms with Gasteiger partial charge in [-0.3, -0.25) is 10.1 Å². The quantitative estimate of drug-likeness (QED) is 0.842. The normalized spacial score (nSPS) is 16.9. The zero-order valence-corrected chi connectivity index (χ0v) is 13.9. The first-order chi connectivity index (χ1) is 10.5. The Morgan fingerprint density at radius 2 is 2.27 bits per heavy atom. The van der Waals surface area contributed by atoms with Crippen LogP contribution in [0.15, 0.2) is 0 Å². The molecule has 0 aliphatic heterocycles. The third kappa shape index (κ3) is 4.43. The molecule has 2 rings (SSSR count). The van der Waals surface area contributed by atoms with Crippen molar-refractivity contribution in [3.05, 3.63) is 10.6 Å². The molecule has 7 heteroatoms. The molecule has 1 aliphatic carbocycles. The van der Waals surface area contributed by atoms with E-state index < -0.39 is 5.97 Å². The zero-order chi connectivity index (χ0) is 16.1. The number of aromatic nitrogens is 1. The van der Waals surface area contributed by atoms with Crippen molar-refractivity contribution in [2.24, 2.45) is 5.92 Å². The maximum Gasteiger partial charge on any atom is 0.323 e. The third-order valence-electron chi connectivity index (χ3n) is 3.96. The van der Waals surface area contributed by atoms with Gasteiger partial charge in [0.15, 0.2) is 5.13 Å². The highest BCUT2D eigenvalue weighted by Crippen LogP contribution is 2.34. The lowest BCUT2D eigenvalue weighted by Gasteiger charge is -2.19. The number of rotatable bonds is 6. The number of carbonyl (C=O) groups is 2. The number of urea groups is 1. The number of carbonyl (C=O) groups excluding carboxylic acids is 1. The van der Waals surface area contributed by atoms with Crippen LogP contribution in [0.3, 0.4) is 0 Å². The fourth-order valence-electron chi connectivity index (χ4n) is 2.70. The number of carboxylic acid groups (broad SMARTS) is 1. The van der Waals surface area contributed by atoms with E-state index in [0.717, 1.165) is 24.5 Å². The number of carboxylic acids is 1. The number of amides is 2. The van der Waals surface area contributed by atoms with Gasteiger partial charge in [-0.2, -0.15) is 0 Å². The number of nitrogens with one attached hydrogen (secondary N) is 1. The maximum absolute atomic E-state index is 12.0. The molecule has 1 unspecified atom stereocenters. The summed E-state index contributed by atoms with van der Waals surface area (Å²) < 4.78 is 0. The fourth-order valence-corrected chi connectivity index (χ4v) is 3.82. The summed E-state index contributed by atoms with van der Waals surface area (Å²) in [5.74, 6) is -0.175. The zero-order valence-electron chi connectivity index (χ0n) is 13.1. The lowest BCUT2D eigenvalue weighted by Crippen LogP contribution is -2.33. The van der Waals surface area contributed by atoms with Gasteiger partial charge in [-0.05, 0) is 25.2 Å². The summed E-state index contributed by atoms with van der Waals surface area (Å²) in [5, 5.41) is 12.0. The van der Waals surface area contributed by atoms with Crippen LogP contribution in [0.4, 0.5) is 9.93 Å². The van der Waals surface area contributed by atoms with Crippen LogP contribution in [0.5, 0.6) is 0 Å². The van der Waals surface area contributed by atoms with Gasteiger partial charge in [-0.15, -0.1) is 11.3 Å². The second-order valence-electron chi connectivity index (χ2n) is 5.78. The molecule has 0 spiro atoms. The predicted octanol–water partition coefficient (Wildman–Crippen LogP) is 2.99. The molecule has 2 N–H and O–H groups in total. The summed E-state index contributed by atoms with van der Waals surface area (Å²) in [6, 6.07) is -0.308. The Hall–Kier alpha value is -1.63. The van der Waals surface area contributed by atoms with Crippen molar-refractivity contribution in [3.63, 3.8) is 0 Å². The summed E-state index contributed by atoms with van der Waals surface area (Å²) in [6.07, 6.45) is 5.62. The van der Waals surface area contributed by atoms with Crippen molar-refractivity contribution in [2.45, 2.75) is 45.4 Å². The number of nitrogens with zero attached hydrogens (tertiary/aromatic N) is 2. The van der Waals surface area contributed by atoms with Crippen molar-refractivity contribution in [3.8, 4) is 0 Å². The summed E-state index contributed by atoms with van der Waals surface area (Å²) in [4.78, 5) is 29.7. The SMILES string of the molecule is CCCC1CCc2nc(NC(=O)N(C)CCC(=O)O)sc2C1. The van der Waals surface area contributed by atoms with Gasteiger partial charge < -0.3 is 10.0 Å². The van der Waals surface area contributed by atoms with Gasteiger partial charge in [0.05, 0.1) is 12.1 Å². The van der Waals surface area contributed by atoms with E-state index >= 15 is 0 Å². The molecular formula is C15H23N3O3S. The number of aryl methyl sites for hydroxylation is 1. The Labute approximate surface area is 134 Å². The number of anilines is 1. The van der Waals surface area contributed by atoms with E-state index in [1.165, 1.54) is 29.0 Å². The minimum absolute atomic E-state index is 0.0585. The molecule has 0 saturated heterocycles. The molecule has 0 bridgehead atoms. The summed E-state index contributed by atoms with van der Waals surface area (Å²) >= 11 is 1.55. The van der Waals surface area contributed by atoms with Crippen molar-refractivity contribution in [1.82, 2.24) is 9.88 Å². The fraction of sp³-hybridized carbons (Fsp3) is 0.667. The monoisotopic (exact) mass is 325 g/mol. The molecule has 22 heavy (non-hydrogen) atoms. The lowest BCUT2D eigenvalue weighted by molar-refractivity contribution is -0.137. The van der Waals surface area contributed by atoms with E-state index in [4.69, 9.17) is 5.11 Å². The standard InChI is InChI=1S/C15H23N3O3S/c1-3-4-10-5-6-11-12(9-10)22-14(16-11)17-15(21)18(2)8-7-13(19)20/h10H,3-9H2,1-2H3,(H,19,20)(H,16,17,21). The topological polar surface area (TPSA) is 82.5 Å². The first kappa shape index (κ1) is 16.7. The molecule has 6 nitrogen and oxygen atoms in total. The molecule has 1 aromatic rings. The summed E-state index contributed by atoms with van der Waals surface area (Å²) in [6.45, 7) is 2.39. The largest absolute Gasteiger partial charge is 0.481 e. The third-order valence-corrected chi connectivity index (χ3v) is 5.00. The Kier molecular flexibility index (Phi) is 5.76. The van der Waals surface area contributed by atoms with Gasteiger partial charge >= 0.3 is 12.0 Å². The smallest absolute Gasteiger partial charge is 0.323 e. The molecule has 0 radical (unpaired) electrons.